The van der Waals surface area contributed by atoms with Crippen molar-refractivity contribution in [1.29, 1.82) is 0 Å². The van der Waals surface area contributed by atoms with Crippen LogP contribution in [0.4, 0.5) is 5.69 Å². The van der Waals surface area contributed by atoms with Gasteiger partial charge in [-0.25, -0.2) is 8.42 Å². The molecule has 1 N–H and O–H groups in total. The van der Waals surface area contributed by atoms with Gasteiger partial charge in [0, 0.05) is 18.3 Å². The van der Waals surface area contributed by atoms with Gasteiger partial charge in [-0.15, -0.1) is 0 Å². The first-order chi connectivity index (χ1) is 10.4. The summed E-state index contributed by atoms with van der Waals surface area (Å²) in [5.41, 5.74) is 2.11. The molecule has 1 aliphatic rings. The van der Waals surface area contributed by atoms with Crippen molar-refractivity contribution in [2.45, 2.75) is 39.2 Å². The Hall–Kier alpha value is -1.14. The van der Waals surface area contributed by atoms with Gasteiger partial charge in [0.15, 0.2) is 14.9 Å². The average Bonchev–Trinajstić information content (AvgIpc) is 2.79. The number of hydrogen-bond acceptors (Lipinski definition) is 3. The van der Waals surface area contributed by atoms with Crippen LogP contribution in [0.15, 0.2) is 24.3 Å². The topological polar surface area (TPSA) is 49.4 Å². The van der Waals surface area contributed by atoms with Crippen molar-refractivity contribution in [3.8, 4) is 0 Å². The first kappa shape index (κ1) is 17.2. The number of nitrogens with zero attached hydrogens (tertiary/aromatic N) is 1. The molecule has 0 aromatic heterocycles. The Labute approximate surface area is 138 Å². The molecule has 0 spiro atoms. The van der Waals surface area contributed by atoms with E-state index in [0.717, 1.165) is 30.6 Å². The fraction of sp³-hybridized carbons (Fsp3) is 0.562. The first-order valence-corrected chi connectivity index (χ1v) is 9.99. The van der Waals surface area contributed by atoms with E-state index < -0.39 is 9.84 Å². The molecule has 0 amide bonds. The number of sulfone groups is 1. The van der Waals surface area contributed by atoms with Crippen LogP contribution >= 0.6 is 12.2 Å². The smallest absolute Gasteiger partial charge is 0.173 e. The van der Waals surface area contributed by atoms with E-state index in [1.54, 1.807) is 0 Å². The van der Waals surface area contributed by atoms with Crippen LogP contribution < -0.4 is 5.32 Å². The van der Waals surface area contributed by atoms with E-state index >= 15 is 0 Å². The molecule has 1 aromatic rings. The van der Waals surface area contributed by atoms with E-state index in [1.165, 1.54) is 0 Å². The number of rotatable bonds is 5. The number of anilines is 1. The van der Waals surface area contributed by atoms with Crippen LogP contribution in [0.1, 0.15) is 31.7 Å². The van der Waals surface area contributed by atoms with Gasteiger partial charge in [0.1, 0.15) is 0 Å². The maximum Gasteiger partial charge on any atom is 0.173 e. The number of thiocarbonyl (C=S) groups is 1. The van der Waals surface area contributed by atoms with Crippen LogP contribution in [0.3, 0.4) is 0 Å². The fourth-order valence-corrected chi connectivity index (χ4v) is 4.81. The lowest BCUT2D eigenvalue weighted by Crippen LogP contribution is -2.44. The highest BCUT2D eigenvalue weighted by molar-refractivity contribution is 7.91. The van der Waals surface area contributed by atoms with Gasteiger partial charge in [-0.3, -0.25) is 0 Å². The summed E-state index contributed by atoms with van der Waals surface area (Å²) in [6.07, 6.45) is 2.73. The van der Waals surface area contributed by atoms with Gasteiger partial charge < -0.3 is 10.2 Å². The molecule has 1 fully saturated rings. The van der Waals surface area contributed by atoms with Gasteiger partial charge in [-0.2, -0.15) is 0 Å². The molecule has 22 heavy (non-hydrogen) atoms. The first-order valence-electron chi connectivity index (χ1n) is 7.76. The number of hydrogen-bond donors (Lipinski definition) is 1. The Bertz CT molecular complexity index is 629. The Morgan fingerprint density at radius 2 is 2.23 bits per heavy atom. The minimum atomic E-state index is -2.91. The molecule has 122 valence electrons. The predicted molar refractivity (Wildman–Crippen MR) is 96.1 cm³/mol. The lowest BCUT2D eigenvalue weighted by molar-refractivity contribution is 0.333. The van der Waals surface area contributed by atoms with Gasteiger partial charge in [-0.05, 0) is 49.7 Å². The van der Waals surface area contributed by atoms with Crippen molar-refractivity contribution in [1.82, 2.24) is 4.90 Å². The normalized spacial score (nSPS) is 19.8. The summed E-state index contributed by atoms with van der Waals surface area (Å²) in [6.45, 7) is 4.96. The second-order valence-corrected chi connectivity index (χ2v) is 8.52. The van der Waals surface area contributed by atoms with Crippen molar-refractivity contribution in [2.75, 3.05) is 23.4 Å². The van der Waals surface area contributed by atoms with Crippen LogP contribution in [0.5, 0.6) is 0 Å². The van der Waals surface area contributed by atoms with Crippen molar-refractivity contribution in [2.24, 2.45) is 0 Å². The second-order valence-electron chi connectivity index (χ2n) is 5.90. The van der Waals surface area contributed by atoms with Crippen molar-refractivity contribution < 1.29 is 8.42 Å². The van der Waals surface area contributed by atoms with Gasteiger partial charge in [0.05, 0.1) is 11.5 Å². The molecule has 1 saturated heterocycles. The Kier molecular flexibility index (Phi) is 5.81. The Morgan fingerprint density at radius 3 is 2.82 bits per heavy atom. The van der Waals surface area contributed by atoms with E-state index in [9.17, 15) is 8.42 Å². The van der Waals surface area contributed by atoms with E-state index in [2.05, 4.69) is 17.1 Å². The molecule has 0 unspecified atom stereocenters. The highest BCUT2D eigenvalue weighted by Crippen LogP contribution is 2.20. The van der Waals surface area contributed by atoms with Gasteiger partial charge in [-0.1, -0.05) is 25.5 Å². The fourth-order valence-electron chi connectivity index (χ4n) is 2.72. The van der Waals surface area contributed by atoms with Crippen LogP contribution in [0.25, 0.3) is 0 Å². The van der Waals surface area contributed by atoms with Crippen molar-refractivity contribution in [3.63, 3.8) is 0 Å². The predicted octanol–water partition coefficient (Wildman–Crippen LogP) is 2.98. The van der Waals surface area contributed by atoms with Crippen LogP contribution in [-0.4, -0.2) is 42.5 Å². The van der Waals surface area contributed by atoms with Crippen molar-refractivity contribution >= 4 is 32.9 Å². The largest absolute Gasteiger partial charge is 0.345 e. The SMILES string of the molecule is CCCCN(C(=S)Nc1cccc(C)c1)[C@H]1CCS(=O)(=O)C1. The summed E-state index contributed by atoms with van der Waals surface area (Å²) in [7, 11) is -2.91. The molecular weight excluding hydrogens is 316 g/mol. The Morgan fingerprint density at radius 1 is 1.45 bits per heavy atom. The molecule has 0 bridgehead atoms. The van der Waals surface area contributed by atoms with Crippen LogP contribution in [0.2, 0.25) is 0 Å². The van der Waals surface area contributed by atoms with Crippen LogP contribution in [-0.2, 0) is 9.84 Å². The molecule has 1 atom stereocenters. The third-order valence-corrected chi connectivity index (χ3v) is 6.02. The molecule has 0 radical (unpaired) electrons. The lowest BCUT2D eigenvalue weighted by Gasteiger charge is -2.31. The Balaban J connectivity index is 2.09. The lowest BCUT2D eigenvalue weighted by atomic mass is 10.2. The summed E-state index contributed by atoms with van der Waals surface area (Å²) in [4.78, 5) is 2.06. The molecular formula is C16H24N2O2S2. The third-order valence-electron chi connectivity index (χ3n) is 3.93. The van der Waals surface area contributed by atoms with E-state index in [1.807, 2.05) is 31.2 Å². The zero-order chi connectivity index (χ0) is 16.2. The van der Waals surface area contributed by atoms with E-state index in [0.29, 0.717) is 11.5 Å². The molecule has 2 rings (SSSR count). The van der Waals surface area contributed by atoms with Gasteiger partial charge in [0.25, 0.3) is 0 Å². The monoisotopic (exact) mass is 340 g/mol. The van der Waals surface area contributed by atoms with Gasteiger partial charge in [0.2, 0.25) is 0 Å². The highest BCUT2D eigenvalue weighted by atomic mass is 32.2. The van der Waals surface area contributed by atoms with Crippen molar-refractivity contribution in [3.05, 3.63) is 29.8 Å². The maximum absolute atomic E-state index is 11.8. The third kappa shape index (κ3) is 4.68. The molecule has 4 nitrogen and oxygen atoms in total. The summed E-state index contributed by atoms with van der Waals surface area (Å²) >= 11 is 5.55. The standard InChI is InChI=1S/C16H24N2O2S2/c1-3-4-9-18(15-8-10-22(19,20)12-15)16(21)17-14-7-5-6-13(2)11-14/h5-7,11,15H,3-4,8-10,12H2,1-2H3,(H,17,21)/t15-/m0/s1. The minimum absolute atomic E-state index is 0.00126. The quantitative estimate of drug-likeness (QED) is 0.835. The summed E-state index contributed by atoms with van der Waals surface area (Å²) in [5.74, 6) is 0.486. The summed E-state index contributed by atoms with van der Waals surface area (Å²) in [6, 6.07) is 8.03. The highest BCUT2D eigenvalue weighted by Gasteiger charge is 2.33. The zero-order valence-electron chi connectivity index (χ0n) is 13.2. The summed E-state index contributed by atoms with van der Waals surface area (Å²) in [5, 5.41) is 3.88. The molecule has 1 aliphatic heterocycles. The molecule has 1 aromatic carbocycles. The molecule has 6 heteroatoms. The second kappa shape index (κ2) is 7.42. The summed E-state index contributed by atoms with van der Waals surface area (Å²) < 4.78 is 23.5. The van der Waals surface area contributed by atoms with E-state index in [4.69, 9.17) is 12.2 Å². The molecule has 1 heterocycles. The molecule has 0 aliphatic carbocycles. The van der Waals surface area contributed by atoms with Gasteiger partial charge >= 0.3 is 0 Å². The number of unbranched alkanes of at least 4 members (excludes halogenated alkanes) is 1. The average molecular weight is 341 g/mol. The number of aryl methyl sites for hydroxylation is 1. The maximum atomic E-state index is 11.8. The number of benzene rings is 1. The minimum Gasteiger partial charge on any atom is -0.345 e. The zero-order valence-corrected chi connectivity index (χ0v) is 14.8. The number of nitrogens with one attached hydrogen (secondary N) is 1. The van der Waals surface area contributed by atoms with Crippen LogP contribution in [0, 0.1) is 6.92 Å². The van der Waals surface area contributed by atoms with E-state index in [-0.39, 0.29) is 17.5 Å². The molecule has 0 saturated carbocycles.